The summed E-state index contributed by atoms with van der Waals surface area (Å²) in [5, 5.41) is 7.41. The van der Waals surface area contributed by atoms with Gasteiger partial charge in [-0.1, -0.05) is 30.3 Å². The van der Waals surface area contributed by atoms with Crippen LogP contribution >= 0.6 is 24.8 Å². The van der Waals surface area contributed by atoms with Crippen molar-refractivity contribution in [3.05, 3.63) is 59.7 Å². The second kappa shape index (κ2) is 13.0. The van der Waals surface area contributed by atoms with Crippen LogP contribution in [0.1, 0.15) is 55.7 Å². The number of nitrogens with one attached hydrogen (secondary N) is 2. The molecule has 0 aromatic heterocycles. The van der Waals surface area contributed by atoms with Crippen molar-refractivity contribution >= 4 is 40.5 Å². The van der Waals surface area contributed by atoms with E-state index in [0.29, 0.717) is 18.3 Å². The molecular formula is C25H37Cl2N3O3S. The van der Waals surface area contributed by atoms with Crippen molar-refractivity contribution in [3.8, 4) is 5.75 Å². The van der Waals surface area contributed by atoms with Gasteiger partial charge in [0.1, 0.15) is 5.75 Å². The molecule has 2 N–H and O–H groups in total. The van der Waals surface area contributed by atoms with Crippen LogP contribution in [0.5, 0.6) is 5.75 Å². The molecule has 2 fully saturated rings. The highest BCUT2D eigenvalue weighted by Gasteiger charge is 2.26. The normalized spacial score (nSPS) is 20.8. The van der Waals surface area contributed by atoms with Gasteiger partial charge >= 0.3 is 0 Å². The van der Waals surface area contributed by atoms with E-state index in [4.69, 9.17) is 4.74 Å². The molecule has 6 nitrogen and oxygen atoms in total. The van der Waals surface area contributed by atoms with Crippen molar-refractivity contribution in [2.45, 2.75) is 63.3 Å². The molecule has 0 spiro atoms. The number of benzene rings is 2. The van der Waals surface area contributed by atoms with Gasteiger partial charge in [-0.15, -0.1) is 24.8 Å². The molecule has 1 saturated heterocycles. The molecule has 2 aromatic carbocycles. The lowest BCUT2D eigenvalue weighted by molar-refractivity contribution is 0.206. The Morgan fingerprint density at radius 2 is 1.74 bits per heavy atom. The Kier molecular flexibility index (Phi) is 11.0. The van der Waals surface area contributed by atoms with Gasteiger partial charge in [0, 0.05) is 31.2 Å². The molecule has 4 rings (SSSR count). The van der Waals surface area contributed by atoms with Gasteiger partial charge in [0.05, 0.1) is 18.0 Å². The van der Waals surface area contributed by atoms with Crippen LogP contribution in [0.15, 0.2) is 48.5 Å². The van der Waals surface area contributed by atoms with E-state index in [-0.39, 0.29) is 37.0 Å². The van der Waals surface area contributed by atoms with E-state index in [1.165, 1.54) is 29.0 Å². The minimum atomic E-state index is -3.33. The predicted octanol–water partition coefficient (Wildman–Crippen LogP) is 4.83. The zero-order chi connectivity index (χ0) is 22.6. The molecule has 2 aliphatic rings. The van der Waals surface area contributed by atoms with Gasteiger partial charge in [-0.25, -0.2) is 8.42 Å². The third-order valence-electron chi connectivity index (χ3n) is 6.67. The SMILES string of the molecule is CN(c1ccc(OC2CCCC2)c(CN[C@H]2CCCN[C@H]2c2ccccc2)c1)S(C)(=O)=O.Cl.Cl. The third-order valence-corrected chi connectivity index (χ3v) is 7.88. The molecule has 1 aliphatic carbocycles. The number of hydrogen-bond donors (Lipinski definition) is 2. The molecule has 34 heavy (non-hydrogen) atoms. The van der Waals surface area contributed by atoms with Crippen LogP contribution in [0.25, 0.3) is 0 Å². The smallest absolute Gasteiger partial charge is 0.231 e. The maximum Gasteiger partial charge on any atom is 0.231 e. The Labute approximate surface area is 216 Å². The standard InChI is InChI=1S/C25H35N3O3S.2ClH/c1-28(32(2,29)30)21-14-15-24(31-22-11-6-7-12-22)20(17-21)18-27-23-13-8-16-26-25(23)19-9-4-3-5-10-19;;/h3-5,9-10,14-15,17,22-23,25-27H,6-8,11-13,16,18H2,1-2H3;2*1H/t23-,25-;;/m0../s1. The number of anilines is 1. The number of nitrogens with zero attached hydrogens (tertiary/aromatic N) is 1. The lowest BCUT2D eigenvalue weighted by Gasteiger charge is -2.34. The number of ether oxygens (including phenoxy) is 1. The van der Waals surface area contributed by atoms with Gasteiger partial charge in [-0.2, -0.15) is 0 Å². The molecule has 1 saturated carbocycles. The van der Waals surface area contributed by atoms with Crippen LogP contribution in [0.3, 0.4) is 0 Å². The van der Waals surface area contributed by atoms with Crippen LogP contribution < -0.4 is 19.7 Å². The Hall–Kier alpha value is -1.51. The minimum absolute atomic E-state index is 0. The molecule has 2 atom stereocenters. The topological polar surface area (TPSA) is 70.7 Å². The first-order chi connectivity index (χ1) is 15.4. The summed E-state index contributed by atoms with van der Waals surface area (Å²) >= 11 is 0. The molecule has 1 aliphatic heterocycles. The minimum Gasteiger partial charge on any atom is -0.490 e. The summed E-state index contributed by atoms with van der Waals surface area (Å²) in [4.78, 5) is 0. The quantitative estimate of drug-likeness (QED) is 0.512. The summed E-state index contributed by atoms with van der Waals surface area (Å²) in [6.45, 7) is 1.64. The summed E-state index contributed by atoms with van der Waals surface area (Å²) < 4.78 is 31.8. The van der Waals surface area contributed by atoms with E-state index in [1.54, 1.807) is 7.05 Å². The largest absolute Gasteiger partial charge is 0.490 e. The van der Waals surface area contributed by atoms with Crippen LogP contribution in [0, 0.1) is 0 Å². The van der Waals surface area contributed by atoms with E-state index < -0.39 is 10.0 Å². The average Bonchev–Trinajstić information content (AvgIpc) is 3.31. The second-order valence-corrected chi connectivity index (χ2v) is 11.0. The first kappa shape index (κ1) is 28.7. The van der Waals surface area contributed by atoms with Gasteiger partial charge in [-0.3, -0.25) is 4.31 Å². The summed E-state index contributed by atoms with van der Waals surface area (Å²) in [5.41, 5.74) is 2.95. The number of sulfonamides is 1. The maximum atomic E-state index is 12.1. The fraction of sp³-hybridized carbons (Fsp3) is 0.520. The zero-order valence-electron chi connectivity index (χ0n) is 19.9. The maximum absolute atomic E-state index is 12.1. The summed E-state index contributed by atoms with van der Waals surface area (Å²) in [5.74, 6) is 0.857. The Morgan fingerprint density at radius 3 is 2.41 bits per heavy atom. The van der Waals surface area contributed by atoms with Gasteiger partial charge in [0.2, 0.25) is 10.0 Å². The van der Waals surface area contributed by atoms with Crippen molar-refractivity contribution in [2.24, 2.45) is 0 Å². The zero-order valence-corrected chi connectivity index (χ0v) is 22.4. The number of halogens is 2. The van der Waals surface area contributed by atoms with Crippen molar-refractivity contribution in [1.29, 1.82) is 0 Å². The Morgan fingerprint density at radius 1 is 1.03 bits per heavy atom. The molecular weight excluding hydrogens is 493 g/mol. The summed E-state index contributed by atoms with van der Waals surface area (Å²) in [6.07, 6.45) is 8.28. The number of hydrogen-bond acceptors (Lipinski definition) is 5. The van der Waals surface area contributed by atoms with Gasteiger partial charge in [-0.05, 0) is 68.8 Å². The second-order valence-electron chi connectivity index (χ2n) is 9.02. The first-order valence-electron chi connectivity index (χ1n) is 11.7. The van der Waals surface area contributed by atoms with Crippen LogP contribution in [-0.2, 0) is 16.6 Å². The van der Waals surface area contributed by atoms with Crippen molar-refractivity contribution in [1.82, 2.24) is 10.6 Å². The highest BCUT2D eigenvalue weighted by Crippen LogP contribution is 2.31. The third kappa shape index (κ3) is 7.25. The van der Waals surface area contributed by atoms with Crippen LogP contribution in [0.2, 0.25) is 0 Å². The van der Waals surface area contributed by atoms with E-state index in [2.05, 4.69) is 34.9 Å². The first-order valence-corrected chi connectivity index (χ1v) is 13.5. The molecule has 0 radical (unpaired) electrons. The Balaban J connectivity index is 0.00000204. The summed E-state index contributed by atoms with van der Waals surface area (Å²) in [6, 6.07) is 16.8. The lowest BCUT2D eigenvalue weighted by atomic mass is 9.92. The van der Waals surface area contributed by atoms with Crippen molar-refractivity contribution in [2.75, 3.05) is 24.2 Å². The van der Waals surface area contributed by atoms with E-state index >= 15 is 0 Å². The van der Waals surface area contributed by atoms with Crippen LogP contribution in [-0.4, -0.2) is 40.4 Å². The summed E-state index contributed by atoms with van der Waals surface area (Å²) in [7, 11) is -1.73. The highest BCUT2D eigenvalue weighted by molar-refractivity contribution is 7.92. The Bertz CT molecular complexity index is 1000. The average molecular weight is 531 g/mol. The monoisotopic (exact) mass is 529 g/mol. The van der Waals surface area contributed by atoms with Gasteiger partial charge < -0.3 is 15.4 Å². The van der Waals surface area contributed by atoms with Gasteiger partial charge in [0.15, 0.2) is 0 Å². The molecule has 0 unspecified atom stereocenters. The lowest BCUT2D eigenvalue weighted by Crippen LogP contribution is -2.45. The highest BCUT2D eigenvalue weighted by atomic mass is 35.5. The van der Waals surface area contributed by atoms with Crippen molar-refractivity contribution < 1.29 is 13.2 Å². The fourth-order valence-electron chi connectivity index (χ4n) is 4.75. The molecule has 190 valence electrons. The van der Waals surface area contributed by atoms with Crippen molar-refractivity contribution in [3.63, 3.8) is 0 Å². The fourth-order valence-corrected chi connectivity index (χ4v) is 5.25. The molecule has 2 aromatic rings. The van der Waals surface area contributed by atoms with Crippen LogP contribution in [0.4, 0.5) is 5.69 Å². The van der Waals surface area contributed by atoms with Gasteiger partial charge in [0.25, 0.3) is 0 Å². The molecule has 1 heterocycles. The van der Waals surface area contributed by atoms with E-state index in [9.17, 15) is 8.42 Å². The number of piperidine rings is 1. The van der Waals surface area contributed by atoms with E-state index in [1.807, 2.05) is 24.3 Å². The number of rotatable bonds is 8. The predicted molar refractivity (Wildman–Crippen MR) is 144 cm³/mol. The molecule has 9 heteroatoms. The molecule has 0 bridgehead atoms. The van der Waals surface area contributed by atoms with E-state index in [0.717, 1.165) is 43.5 Å². The molecule has 0 amide bonds.